The zero-order valence-corrected chi connectivity index (χ0v) is 17.5. The average Bonchev–Trinajstić information content (AvgIpc) is 2.91. The molecule has 1 saturated heterocycles. The van der Waals surface area contributed by atoms with Crippen LogP contribution in [0.1, 0.15) is 56.3 Å². The molecule has 2 aromatic rings. The number of nitrogens with one attached hydrogen (secondary N) is 1. The molecule has 3 aliphatic heterocycles. The molecule has 8 heteroatoms. The highest BCUT2D eigenvalue weighted by Gasteiger charge is 2.44. The molecule has 8 nitrogen and oxygen atoms in total. The lowest BCUT2D eigenvalue weighted by Gasteiger charge is -2.27. The predicted octanol–water partition coefficient (Wildman–Crippen LogP) is 1.15. The van der Waals surface area contributed by atoms with Crippen LogP contribution in [-0.2, 0) is 22.6 Å². The van der Waals surface area contributed by atoms with Crippen molar-refractivity contribution >= 4 is 23.6 Å². The van der Waals surface area contributed by atoms with Gasteiger partial charge >= 0.3 is 0 Å². The van der Waals surface area contributed by atoms with Crippen LogP contribution in [0.25, 0.3) is 0 Å². The number of nitrogens with two attached hydrogens (primary N) is 1. The summed E-state index contributed by atoms with van der Waals surface area (Å²) in [5, 5.41) is 2.21. The smallest absolute Gasteiger partial charge is 0.262 e. The third-order valence-electron chi connectivity index (χ3n) is 6.52. The molecule has 2 unspecified atom stereocenters. The fourth-order valence-corrected chi connectivity index (χ4v) is 4.89. The number of piperidine rings is 1. The van der Waals surface area contributed by atoms with Gasteiger partial charge in [-0.25, -0.2) is 0 Å². The van der Waals surface area contributed by atoms with E-state index in [0.717, 1.165) is 23.4 Å². The Morgan fingerprint density at radius 1 is 0.969 bits per heavy atom. The van der Waals surface area contributed by atoms with Crippen molar-refractivity contribution in [3.05, 3.63) is 70.3 Å². The summed E-state index contributed by atoms with van der Waals surface area (Å²) in [6.07, 6.45) is 1.15. The molecule has 0 spiro atoms. The Morgan fingerprint density at radius 2 is 1.75 bits per heavy atom. The summed E-state index contributed by atoms with van der Waals surface area (Å²) in [5.74, 6) is -1.96. The SMILES string of the molecule is NC1CN(Cc2ccc3c(c2)C(=O)N(C2CCC(=O)NC2=O)C3=O)CCc2ccccc21. The maximum absolute atomic E-state index is 13.0. The predicted molar refractivity (Wildman–Crippen MR) is 115 cm³/mol. The lowest BCUT2D eigenvalue weighted by Crippen LogP contribution is -2.54. The van der Waals surface area contributed by atoms with Crippen LogP contribution in [0.3, 0.4) is 0 Å². The van der Waals surface area contributed by atoms with Gasteiger partial charge in [0.15, 0.2) is 0 Å². The standard InChI is InChI=1S/C24H24N4O4/c25-19-13-27(10-9-15-3-1-2-4-16(15)19)12-14-5-6-17-18(11-14)24(32)28(23(17)31)20-7-8-21(29)26-22(20)30/h1-6,11,19-20H,7-10,12-13,25H2,(H,26,29,30). The maximum Gasteiger partial charge on any atom is 0.262 e. The van der Waals surface area contributed by atoms with Gasteiger partial charge in [-0.05, 0) is 41.7 Å². The summed E-state index contributed by atoms with van der Waals surface area (Å²) < 4.78 is 0. The van der Waals surface area contributed by atoms with Crippen molar-refractivity contribution in [1.29, 1.82) is 0 Å². The van der Waals surface area contributed by atoms with Crippen molar-refractivity contribution < 1.29 is 19.2 Å². The highest BCUT2D eigenvalue weighted by molar-refractivity contribution is 6.23. The molecule has 32 heavy (non-hydrogen) atoms. The Labute approximate surface area is 185 Å². The van der Waals surface area contributed by atoms with Gasteiger partial charge in [-0.2, -0.15) is 0 Å². The zero-order chi connectivity index (χ0) is 22.4. The van der Waals surface area contributed by atoms with Gasteiger partial charge in [0.2, 0.25) is 11.8 Å². The first-order chi connectivity index (χ1) is 15.4. The van der Waals surface area contributed by atoms with Crippen LogP contribution in [0, 0.1) is 0 Å². The number of rotatable bonds is 3. The third kappa shape index (κ3) is 3.51. The van der Waals surface area contributed by atoms with Crippen molar-refractivity contribution in [3.63, 3.8) is 0 Å². The summed E-state index contributed by atoms with van der Waals surface area (Å²) >= 11 is 0. The number of hydrogen-bond acceptors (Lipinski definition) is 6. The molecule has 3 N–H and O–H groups in total. The Balaban J connectivity index is 1.34. The highest BCUT2D eigenvalue weighted by atomic mass is 16.2. The lowest BCUT2D eigenvalue weighted by molar-refractivity contribution is -0.136. The van der Waals surface area contributed by atoms with Crippen LogP contribution in [0.4, 0.5) is 0 Å². The van der Waals surface area contributed by atoms with Gasteiger partial charge < -0.3 is 5.73 Å². The van der Waals surface area contributed by atoms with E-state index in [4.69, 9.17) is 5.73 Å². The molecule has 2 atom stereocenters. The van der Waals surface area contributed by atoms with Crippen LogP contribution in [0.5, 0.6) is 0 Å². The molecule has 0 radical (unpaired) electrons. The second kappa shape index (κ2) is 7.96. The quantitative estimate of drug-likeness (QED) is 0.704. The van der Waals surface area contributed by atoms with E-state index in [9.17, 15) is 19.2 Å². The minimum Gasteiger partial charge on any atom is -0.323 e. The van der Waals surface area contributed by atoms with Crippen LogP contribution in [0.2, 0.25) is 0 Å². The molecule has 5 rings (SSSR count). The van der Waals surface area contributed by atoms with E-state index in [-0.39, 0.29) is 24.8 Å². The molecule has 164 valence electrons. The van der Waals surface area contributed by atoms with Crippen LogP contribution >= 0.6 is 0 Å². The van der Waals surface area contributed by atoms with E-state index in [2.05, 4.69) is 22.3 Å². The number of hydrogen-bond donors (Lipinski definition) is 2. The first-order valence-electron chi connectivity index (χ1n) is 10.8. The van der Waals surface area contributed by atoms with Crippen molar-refractivity contribution in [2.24, 2.45) is 5.73 Å². The zero-order valence-electron chi connectivity index (χ0n) is 17.5. The van der Waals surface area contributed by atoms with Crippen molar-refractivity contribution in [3.8, 4) is 0 Å². The van der Waals surface area contributed by atoms with Gasteiger partial charge in [-0.15, -0.1) is 0 Å². The topological polar surface area (TPSA) is 113 Å². The molecular formula is C24H24N4O4. The molecule has 1 fully saturated rings. The molecule has 2 aromatic carbocycles. The molecule has 0 aliphatic carbocycles. The summed E-state index contributed by atoms with van der Waals surface area (Å²) in [7, 11) is 0. The highest BCUT2D eigenvalue weighted by Crippen LogP contribution is 2.29. The minimum absolute atomic E-state index is 0.0886. The van der Waals surface area contributed by atoms with Crippen molar-refractivity contribution in [1.82, 2.24) is 15.1 Å². The van der Waals surface area contributed by atoms with Crippen LogP contribution < -0.4 is 11.1 Å². The third-order valence-corrected chi connectivity index (χ3v) is 6.52. The molecular weight excluding hydrogens is 408 g/mol. The van der Waals surface area contributed by atoms with E-state index in [1.165, 1.54) is 11.1 Å². The minimum atomic E-state index is -0.953. The Hall–Kier alpha value is -3.36. The van der Waals surface area contributed by atoms with Gasteiger partial charge in [-0.1, -0.05) is 30.3 Å². The number of carbonyl (C=O) groups is 4. The Bertz CT molecular complexity index is 1140. The summed E-state index contributed by atoms with van der Waals surface area (Å²) in [5.41, 5.74) is 10.4. The second-order valence-corrected chi connectivity index (χ2v) is 8.62. The average molecular weight is 432 g/mol. The summed E-state index contributed by atoms with van der Waals surface area (Å²) in [4.78, 5) is 52.8. The van der Waals surface area contributed by atoms with Crippen molar-refractivity contribution in [2.75, 3.05) is 13.1 Å². The van der Waals surface area contributed by atoms with Gasteiger partial charge in [0, 0.05) is 32.1 Å². The molecule has 0 bridgehead atoms. The van der Waals surface area contributed by atoms with Gasteiger partial charge in [0.05, 0.1) is 11.1 Å². The Kier molecular flexibility index (Phi) is 5.11. The molecule has 4 amide bonds. The van der Waals surface area contributed by atoms with E-state index in [1.54, 1.807) is 12.1 Å². The fourth-order valence-electron chi connectivity index (χ4n) is 4.89. The van der Waals surface area contributed by atoms with E-state index < -0.39 is 23.8 Å². The van der Waals surface area contributed by atoms with E-state index >= 15 is 0 Å². The van der Waals surface area contributed by atoms with Gasteiger partial charge in [0.25, 0.3) is 11.8 Å². The lowest BCUT2D eigenvalue weighted by atomic mass is 10.0. The van der Waals surface area contributed by atoms with Gasteiger partial charge in [-0.3, -0.25) is 34.3 Å². The first kappa shape index (κ1) is 20.5. The monoisotopic (exact) mass is 432 g/mol. The summed E-state index contributed by atoms with van der Waals surface area (Å²) in [6, 6.07) is 12.4. The van der Waals surface area contributed by atoms with Crippen molar-refractivity contribution in [2.45, 2.75) is 37.9 Å². The van der Waals surface area contributed by atoms with E-state index in [1.807, 2.05) is 18.2 Å². The Morgan fingerprint density at radius 3 is 2.56 bits per heavy atom. The number of carbonyl (C=O) groups excluding carboxylic acids is 4. The van der Waals surface area contributed by atoms with E-state index in [0.29, 0.717) is 24.2 Å². The number of benzene rings is 2. The molecule has 3 aliphatic rings. The number of nitrogens with zero attached hydrogens (tertiary/aromatic N) is 2. The molecule has 0 aromatic heterocycles. The molecule has 3 heterocycles. The summed E-state index contributed by atoms with van der Waals surface area (Å²) in [6.45, 7) is 2.15. The number of amides is 4. The van der Waals surface area contributed by atoms with Crippen LogP contribution in [-0.4, -0.2) is 52.6 Å². The fraction of sp³-hybridized carbons (Fsp3) is 0.333. The number of imide groups is 2. The maximum atomic E-state index is 13.0. The second-order valence-electron chi connectivity index (χ2n) is 8.62. The normalized spacial score (nSPS) is 23.6. The number of fused-ring (bicyclic) bond motifs is 2. The largest absolute Gasteiger partial charge is 0.323 e. The first-order valence-corrected chi connectivity index (χ1v) is 10.8. The van der Waals surface area contributed by atoms with Crippen LogP contribution in [0.15, 0.2) is 42.5 Å². The van der Waals surface area contributed by atoms with Gasteiger partial charge in [0.1, 0.15) is 6.04 Å². The molecule has 0 saturated carbocycles.